The number of benzene rings is 1. The van der Waals surface area contributed by atoms with Crippen LogP contribution in [0.2, 0.25) is 0 Å². The third-order valence-corrected chi connectivity index (χ3v) is 4.55. The first kappa shape index (κ1) is 18.1. The number of hydrogen-bond donors (Lipinski definition) is 1. The molecule has 1 aromatic carbocycles. The zero-order valence-corrected chi connectivity index (χ0v) is 14.8. The van der Waals surface area contributed by atoms with Gasteiger partial charge in [-0.05, 0) is 49.6 Å². The number of carbonyl (C=O) groups excluding carboxylic acids is 2. The lowest BCUT2D eigenvalue weighted by Crippen LogP contribution is -2.21. The van der Waals surface area contributed by atoms with Crippen LogP contribution < -0.4 is 5.32 Å². The van der Waals surface area contributed by atoms with Gasteiger partial charge in [-0.25, -0.2) is 9.18 Å². The highest BCUT2D eigenvalue weighted by Crippen LogP contribution is 2.23. The molecule has 2 rings (SSSR count). The molecule has 0 aliphatic rings. The minimum absolute atomic E-state index is 0.0684. The Labute approximate surface area is 144 Å². The van der Waals surface area contributed by atoms with Gasteiger partial charge in [-0.1, -0.05) is 19.4 Å². The molecule has 1 amide bonds. The monoisotopic (exact) mass is 349 g/mol. The van der Waals surface area contributed by atoms with Crippen molar-refractivity contribution in [2.75, 3.05) is 11.9 Å². The third-order valence-electron chi connectivity index (χ3n) is 3.47. The van der Waals surface area contributed by atoms with Gasteiger partial charge in [0.15, 0.2) is 6.61 Å². The summed E-state index contributed by atoms with van der Waals surface area (Å²) in [7, 11) is 0. The van der Waals surface area contributed by atoms with Crippen LogP contribution in [0.1, 0.15) is 39.0 Å². The molecule has 1 heterocycles. The fourth-order valence-electron chi connectivity index (χ4n) is 2.25. The number of carbonyl (C=O) groups is 2. The van der Waals surface area contributed by atoms with Crippen LogP contribution in [0.5, 0.6) is 0 Å². The molecule has 0 aliphatic heterocycles. The predicted molar refractivity (Wildman–Crippen MR) is 93.1 cm³/mol. The predicted octanol–water partition coefficient (Wildman–Crippen LogP) is 4.25. The van der Waals surface area contributed by atoms with Crippen LogP contribution in [-0.2, 0) is 16.0 Å². The fraction of sp³-hybridized carbons (Fsp3) is 0.333. The van der Waals surface area contributed by atoms with Crippen molar-refractivity contribution < 1.29 is 18.7 Å². The van der Waals surface area contributed by atoms with Crippen molar-refractivity contribution in [1.29, 1.82) is 0 Å². The normalized spacial score (nSPS) is 10.5. The highest BCUT2D eigenvalue weighted by Gasteiger charge is 2.15. The largest absolute Gasteiger partial charge is 0.451 e. The summed E-state index contributed by atoms with van der Waals surface area (Å²) in [6.45, 7) is 5.33. The number of hydrogen-bond acceptors (Lipinski definition) is 4. The van der Waals surface area contributed by atoms with E-state index < -0.39 is 24.3 Å². The smallest absolute Gasteiger partial charge is 0.348 e. The van der Waals surface area contributed by atoms with E-state index in [1.807, 2.05) is 13.0 Å². The SMILES string of the molecule is CCCc1cc(C(=O)OCC(=O)Nc2ccc(C)cc2F)sc1C. The lowest BCUT2D eigenvalue weighted by atomic mass is 10.1. The standard InChI is InChI=1S/C18H20FNO3S/c1-4-5-13-9-16(24-12(13)3)18(22)23-10-17(21)20-15-7-6-11(2)8-14(15)19/h6-9H,4-5,10H2,1-3H3,(H,20,21). The van der Waals surface area contributed by atoms with Gasteiger partial charge < -0.3 is 10.1 Å². The minimum Gasteiger partial charge on any atom is -0.451 e. The zero-order valence-electron chi connectivity index (χ0n) is 13.9. The van der Waals surface area contributed by atoms with Gasteiger partial charge in [0.05, 0.1) is 5.69 Å². The molecule has 1 N–H and O–H groups in total. The van der Waals surface area contributed by atoms with Crippen LogP contribution in [0, 0.1) is 19.7 Å². The molecule has 2 aromatic rings. The number of thiophene rings is 1. The Morgan fingerprint density at radius 1 is 1.25 bits per heavy atom. The van der Waals surface area contributed by atoms with Crippen LogP contribution in [-0.4, -0.2) is 18.5 Å². The van der Waals surface area contributed by atoms with Crippen LogP contribution in [0.25, 0.3) is 0 Å². The maximum atomic E-state index is 13.7. The Morgan fingerprint density at radius 2 is 2.00 bits per heavy atom. The minimum atomic E-state index is -0.576. The van der Waals surface area contributed by atoms with E-state index in [4.69, 9.17) is 4.74 Å². The molecule has 0 unspecified atom stereocenters. The number of rotatable bonds is 6. The van der Waals surface area contributed by atoms with Crippen molar-refractivity contribution in [3.05, 3.63) is 51.0 Å². The molecular weight excluding hydrogens is 329 g/mol. The Hall–Kier alpha value is -2.21. The molecule has 0 aliphatic carbocycles. The number of ether oxygens (including phenoxy) is 1. The van der Waals surface area contributed by atoms with E-state index >= 15 is 0 Å². The molecule has 1 aromatic heterocycles. The maximum Gasteiger partial charge on any atom is 0.348 e. The lowest BCUT2D eigenvalue weighted by molar-refractivity contribution is -0.119. The second-order valence-corrected chi connectivity index (χ2v) is 6.81. The molecule has 128 valence electrons. The summed E-state index contributed by atoms with van der Waals surface area (Å²) < 4.78 is 18.7. The van der Waals surface area contributed by atoms with Crippen LogP contribution in [0.15, 0.2) is 24.3 Å². The van der Waals surface area contributed by atoms with Gasteiger partial charge in [0.2, 0.25) is 0 Å². The zero-order chi connectivity index (χ0) is 17.7. The van der Waals surface area contributed by atoms with Crippen LogP contribution >= 0.6 is 11.3 Å². The summed E-state index contributed by atoms with van der Waals surface area (Å²) in [5.41, 5.74) is 1.95. The quantitative estimate of drug-likeness (QED) is 0.793. The number of aryl methyl sites for hydroxylation is 3. The average Bonchev–Trinajstić information content (AvgIpc) is 2.89. The molecule has 0 spiro atoms. The van der Waals surface area contributed by atoms with Crippen molar-refractivity contribution in [2.45, 2.75) is 33.6 Å². The molecule has 4 nitrogen and oxygen atoms in total. The first-order valence-corrected chi connectivity index (χ1v) is 8.54. The molecule has 0 atom stereocenters. The maximum absolute atomic E-state index is 13.7. The van der Waals surface area contributed by atoms with E-state index in [0.29, 0.717) is 4.88 Å². The fourth-order valence-corrected chi connectivity index (χ4v) is 3.21. The summed E-state index contributed by atoms with van der Waals surface area (Å²) in [6.07, 6.45) is 1.90. The lowest BCUT2D eigenvalue weighted by Gasteiger charge is -2.07. The van der Waals surface area contributed by atoms with Gasteiger partial charge in [0.25, 0.3) is 5.91 Å². The first-order valence-electron chi connectivity index (χ1n) is 7.73. The molecule has 24 heavy (non-hydrogen) atoms. The highest BCUT2D eigenvalue weighted by atomic mass is 32.1. The van der Waals surface area contributed by atoms with Gasteiger partial charge in [0, 0.05) is 4.88 Å². The van der Waals surface area contributed by atoms with Crippen molar-refractivity contribution in [1.82, 2.24) is 0 Å². The number of esters is 1. The Morgan fingerprint density at radius 3 is 2.67 bits per heavy atom. The number of nitrogens with one attached hydrogen (secondary N) is 1. The van der Waals surface area contributed by atoms with E-state index in [1.165, 1.54) is 23.5 Å². The molecule has 0 saturated carbocycles. The van der Waals surface area contributed by atoms with E-state index in [9.17, 15) is 14.0 Å². The molecule has 0 radical (unpaired) electrons. The highest BCUT2D eigenvalue weighted by molar-refractivity contribution is 7.14. The van der Waals surface area contributed by atoms with E-state index in [-0.39, 0.29) is 5.69 Å². The number of amides is 1. The molecule has 0 bridgehead atoms. The van der Waals surface area contributed by atoms with Gasteiger partial charge in [-0.2, -0.15) is 0 Å². The van der Waals surface area contributed by atoms with Crippen molar-refractivity contribution >= 4 is 28.9 Å². The Bertz CT molecular complexity index is 755. The Kier molecular flexibility index (Phi) is 6.09. The van der Waals surface area contributed by atoms with Crippen molar-refractivity contribution in [3.63, 3.8) is 0 Å². The molecule has 0 saturated heterocycles. The topological polar surface area (TPSA) is 55.4 Å². The van der Waals surface area contributed by atoms with Crippen LogP contribution in [0.3, 0.4) is 0 Å². The summed E-state index contributed by atoms with van der Waals surface area (Å²) in [6, 6.07) is 6.30. The Balaban J connectivity index is 1.91. The number of halogens is 1. The molecule has 6 heteroatoms. The summed E-state index contributed by atoms with van der Waals surface area (Å²) in [5, 5.41) is 2.39. The first-order chi connectivity index (χ1) is 11.4. The van der Waals surface area contributed by atoms with Crippen molar-refractivity contribution in [3.8, 4) is 0 Å². The van der Waals surface area contributed by atoms with Gasteiger partial charge >= 0.3 is 5.97 Å². The van der Waals surface area contributed by atoms with Crippen LogP contribution in [0.4, 0.5) is 10.1 Å². The van der Waals surface area contributed by atoms with Gasteiger partial charge in [-0.3, -0.25) is 4.79 Å². The van der Waals surface area contributed by atoms with Gasteiger partial charge in [0.1, 0.15) is 10.7 Å². The number of anilines is 1. The second kappa shape index (κ2) is 8.06. The molecule has 0 fully saturated rings. The van der Waals surface area contributed by atoms with Gasteiger partial charge in [-0.15, -0.1) is 11.3 Å². The molecular formula is C18H20FNO3S. The summed E-state index contributed by atoms with van der Waals surface area (Å²) in [5.74, 6) is -1.63. The average molecular weight is 349 g/mol. The van der Waals surface area contributed by atoms with E-state index in [2.05, 4.69) is 12.2 Å². The van der Waals surface area contributed by atoms with Crippen molar-refractivity contribution in [2.24, 2.45) is 0 Å². The van der Waals surface area contributed by atoms with E-state index in [0.717, 1.165) is 28.8 Å². The van der Waals surface area contributed by atoms with E-state index in [1.54, 1.807) is 13.0 Å². The summed E-state index contributed by atoms with van der Waals surface area (Å²) in [4.78, 5) is 25.4. The second-order valence-electron chi connectivity index (χ2n) is 5.55. The summed E-state index contributed by atoms with van der Waals surface area (Å²) >= 11 is 1.36. The third kappa shape index (κ3) is 4.64.